The third-order valence-corrected chi connectivity index (χ3v) is 2.34. The van der Waals surface area contributed by atoms with Gasteiger partial charge in [-0.2, -0.15) is 0 Å². The first-order chi connectivity index (χ1) is 7.50. The Hall–Kier alpha value is -1.73. The number of nitro groups is 1. The third-order valence-electron chi connectivity index (χ3n) is 1.68. The Bertz CT molecular complexity index is 428. The van der Waals surface area contributed by atoms with Gasteiger partial charge in [-0.1, -0.05) is 0 Å². The molecule has 1 aromatic carbocycles. The molecule has 0 N–H and O–H groups in total. The van der Waals surface area contributed by atoms with Crippen molar-refractivity contribution in [1.29, 1.82) is 0 Å². The normalized spacial score (nSPS) is 11.8. The van der Waals surface area contributed by atoms with Crippen LogP contribution in [0.3, 0.4) is 0 Å². The molecule has 0 bridgehead atoms. The molecule has 6 nitrogen and oxygen atoms in total. The number of rotatable bonds is 5. The maximum absolute atomic E-state index is 10.5. The second-order valence-electron chi connectivity index (χ2n) is 2.82. The highest BCUT2D eigenvalue weighted by molar-refractivity contribution is 7.79. The number of benzene rings is 1. The first-order valence-corrected chi connectivity index (χ1v) is 5.22. The molecule has 0 saturated carbocycles. The van der Waals surface area contributed by atoms with Gasteiger partial charge in [-0.05, 0) is 41.9 Å². The molecular weight excluding hydrogens is 234 g/mol. The molecule has 86 valence electrons. The molecule has 1 rings (SSSR count). The number of hydrogen-bond donors (Lipinski definition) is 0. The molecule has 1 atom stereocenters. The summed E-state index contributed by atoms with van der Waals surface area (Å²) in [5, 5.41) is 10.2. The van der Waals surface area contributed by atoms with Crippen molar-refractivity contribution < 1.29 is 18.4 Å². The highest BCUT2D eigenvalue weighted by atomic mass is 32.2. The predicted octanol–water partition coefficient (Wildman–Crippen LogP) is 1.09. The topological polar surface area (TPSA) is 92.5 Å². The van der Waals surface area contributed by atoms with Gasteiger partial charge in [0.15, 0.2) is 6.61 Å². The van der Waals surface area contributed by atoms with Crippen LogP contribution in [0.4, 0.5) is 0 Å². The lowest BCUT2D eigenvalue weighted by Crippen LogP contribution is -2.07. The van der Waals surface area contributed by atoms with Gasteiger partial charge < -0.3 is 9.29 Å². The quantitative estimate of drug-likeness (QED) is 0.438. The molecule has 0 aliphatic rings. The van der Waals surface area contributed by atoms with Gasteiger partial charge in [-0.15, -0.1) is 0 Å². The third kappa shape index (κ3) is 3.44. The van der Waals surface area contributed by atoms with Gasteiger partial charge in [-0.3, -0.25) is 14.3 Å². The molecule has 7 heteroatoms. The molecule has 1 aromatic rings. The lowest BCUT2D eigenvalue weighted by molar-refractivity contribution is -0.428. The molecule has 0 aliphatic carbocycles. The fourth-order valence-electron chi connectivity index (χ4n) is 0.866. The molecule has 0 heterocycles. The minimum atomic E-state index is -2.29. The van der Waals surface area contributed by atoms with Crippen LogP contribution in [0.1, 0.15) is 0 Å². The van der Waals surface area contributed by atoms with E-state index in [0.717, 1.165) is 0 Å². The summed E-state index contributed by atoms with van der Waals surface area (Å²) < 4.78 is 26.1. The van der Waals surface area contributed by atoms with E-state index in [-0.39, 0.29) is 17.2 Å². The zero-order valence-corrected chi connectivity index (χ0v) is 8.94. The van der Waals surface area contributed by atoms with Crippen molar-refractivity contribution >= 4 is 11.1 Å². The van der Waals surface area contributed by atoms with Crippen molar-refractivity contribution in [2.24, 2.45) is 0 Å². The molecule has 0 saturated heterocycles. The van der Waals surface area contributed by atoms with E-state index in [0.29, 0.717) is 5.75 Å². The van der Waals surface area contributed by atoms with E-state index in [1.165, 1.54) is 24.3 Å². The molecular formula is C9H8NO5S-. The first-order valence-electron chi connectivity index (χ1n) is 4.15. The minimum Gasteiger partial charge on any atom is -0.768 e. The summed E-state index contributed by atoms with van der Waals surface area (Å²) in [6, 6.07) is 5.51. The van der Waals surface area contributed by atoms with E-state index >= 15 is 0 Å². The Kier molecular flexibility index (Phi) is 4.15. The lowest BCUT2D eigenvalue weighted by Gasteiger charge is -2.07. The Morgan fingerprint density at radius 1 is 1.44 bits per heavy atom. The summed E-state index contributed by atoms with van der Waals surface area (Å²) in [6.45, 7) is 2.95. The van der Waals surface area contributed by atoms with Gasteiger partial charge in [0.05, 0.1) is 4.92 Å². The van der Waals surface area contributed by atoms with Gasteiger partial charge >= 0.3 is 0 Å². The van der Waals surface area contributed by atoms with E-state index in [4.69, 9.17) is 4.74 Å². The number of nitrogens with zero attached hydrogens (tertiary/aromatic N) is 1. The Balaban J connectivity index is 2.59. The zero-order valence-electron chi connectivity index (χ0n) is 8.12. The maximum Gasteiger partial charge on any atom is 0.276 e. The largest absolute Gasteiger partial charge is 0.768 e. The number of hydrogen-bond acceptors (Lipinski definition) is 5. The van der Waals surface area contributed by atoms with E-state index in [9.17, 15) is 18.9 Å². The van der Waals surface area contributed by atoms with Crippen LogP contribution in [-0.2, 0) is 11.1 Å². The molecule has 16 heavy (non-hydrogen) atoms. The van der Waals surface area contributed by atoms with Crippen molar-refractivity contribution in [3.63, 3.8) is 0 Å². The summed E-state index contributed by atoms with van der Waals surface area (Å²) in [6.07, 6.45) is 0. The average Bonchev–Trinajstić information content (AvgIpc) is 2.26. The van der Waals surface area contributed by atoms with Gasteiger partial charge in [0.1, 0.15) is 5.75 Å². The van der Waals surface area contributed by atoms with Crippen LogP contribution >= 0.6 is 0 Å². The Labute approximate surface area is 94.0 Å². The molecule has 0 aliphatic heterocycles. The fourth-order valence-corrected chi connectivity index (χ4v) is 1.22. The van der Waals surface area contributed by atoms with Gasteiger partial charge in [0.25, 0.3) is 5.70 Å². The van der Waals surface area contributed by atoms with Gasteiger partial charge in [0.2, 0.25) is 0 Å². The standard InChI is InChI=1S/C9H9NO5S/c1-7(10(11)12)6-15-8-2-4-9(5-3-8)16(13)14/h2-5H,1,6H2,(H,13,14)/p-1. The van der Waals surface area contributed by atoms with Gasteiger partial charge in [-0.25, -0.2) is 0 Å². The van der Waals surface area contributed by atoms with E-state index < -0.39 is 16.0 Å². The maximum atomic E-state index is 10.5. The van der Waals surface area contributed by atoms with Gasteiger partial charge in [0, 0.05) is 4.90 Å². The summed E-state index contributed by atoms with van der Waals surface area (Å²) >= 11 is -2.29. The minimum absolute atomic E-state index is 0.125. The summed E-state index contributed by atoms with van der Waals surface area (Å²) in [5.74, 6) is 0.345. The smallest absolute Gasteiger partial charge is 0.276 e. The second kappa shape index (κ2) is 5.38. The molecule has 1 unspecified atom stereocenters. The highest BCUT2D eigenvalue weighted by Gasteiger charge is 2.07. The summed E-state index contributed by atoms with van der Waals surface area (Å²) in [5.41, 5.74) is -0.267. The van der Waals surface area contributed by atoms with E-state index in [1.54, 1.807) is 0 Å². The molecule has 0 aromatic heterocycles. The average molecular weight is 242 g/mol. The molecule has 0 radical (unpaired) electrons. The van der Waals surface area contributed by atoms with Crippen molar-refractivity contribution in [1.82, 2.24) is 0 Å². The molecule has 0 spiro atoms. The van der Waals surface area contributed by atoms with Crippen LogP contribution in [0.2, 0.25) is 0 Å². The van der Waals surface area contributed by atoms with Crippen LogP contribution in [0.5, 0.6) is 5.75 Å². The SMILES string of the molecule is C=C(COc1ccc(S(=O)[O-])cc1)[N+](=O)[O-]. The second-order valence-corrected chi connectivity index (χ2v) is 3.76. The van der Waals surface area contributed by atoms with E-state index in [2.05, 4.69) is 6.58 Å². The summed E-state index contributed by atoms with van der Waals surface area (Å²) in [7, 11) is 0. The van der Waals surface area contributed by atoms with E-state index in [1.807, 2.05) is 0 Å². The molecule has 0 fully saturated rings. The van der Waals surface area contributed by atoms with Crippen LogP contribution < -0.4 is 4.74 Å². The van der Waals surface area contributed by atoms with Crippen LogP contribution in [-0.4, -0.2) is 20.3 Å². The first kappa shape index (κ1) is 12.3. The van der Waals surface area contributed by atoms with Crippen molar-refractivity contribution in [3.05, 3.63) is 46.7 Å². The fraction of sp³-hybridized carbons (Fsp3) is 0.111. The summed E-state index contributed by atoms with van der Waals surface area (Å²) in [4.78, 5) is 9.70. The van der Waals surface area contributed by atoms with Crippen molar-refractivity contribution in [3.8, 4) is 5.75 Å². The predicted molar refractivity (Wildman–Crippen MR) is 55.3 cm³/mol. The Morgan fingerprint density at radius 3 is 2.44 bits per heavy atom. The van der Waals surface area contributed by atoms with Crippen molar-refractivity contribution in [2.45, 2.75) is 4.90 Å². The zero-order chi connectivity index (χ0) is 12.1. The molecule has 0 amide bonds. The van der Waals surface area contributed by atoms with Crippen LogP contribution in [0, 0.1) is 10.1 Å². The van der Waals surface area contributed by atoms with Crippen LogP contribution in [0.25, 0.3) is 0 Å². The monoisotopic (exact) mass is 242 g/mol. The Morgan fingerprint density at radius 2 is 2.00 bits per heavy atom. The van der Waals surface area contributed by atoms with Crippen LogP contribution in [0.15, 0.2) is 41.4 Å². The highest BCUT2D eigenvalue weighted by Crippen LogP contribution is 2.14. The number of ether oxygens (including phenoxy) is 1. The van der Waals surface area contributed by atoms with Crippen molar-refractivity contribution in [2.75, 3.05) is 6.61 Å². The lowest BCUT2D eigenvalue weighted by atomic mass is 10.3.